The average molecular weight is 373 g/mol. The van der Waals surface area contributed by atoms with Gasteiger partial charge in [-0.25, -0.2) is 0 Å². The van der Waals surface area contributed by atoms with Crippen molar-refractivity contribution in [1.82, 2.24) is 10.2 Å². The maximum Gasteiger partial charge on any atom is 0.312 e. The zero-order valence-electron chi connectivity index (χ0n) is 11.2. The molecule has 0 fully saturated rings. The summed E-state index contributed by atoms with van der Waals surface area (Å²) in [5, 5.41) is 23.4. The largest absolute Gasteiger partial charge is 0.479 e. The molecule has 0 aliphatic carbocycles. The van der Waals surface area contributed by atoms with Crippen molar-refractivity contribution >= 4 is 38.1 Å². The molecule has 1 aromatic carbocycles. The van der Waals surface area contributed by atoms with Gasteiger partial charge in [0.15, 0.2) is 5.01 Å². The summed E-state index contributed by atoms with van der Waals surface area (Å²) >= 11 is 4.62. The monoisotopic (exact) mass is 372 g/mol. The van der Waals surface area contributed by atoms with Crippen LogP contribution in [0.5, 0.6) is 5.75 Å². The molecule has 0 unspecified atom stereocenters. The van der Waals surface area contributed by atoms with E-state index in [-0.39, 0.29) is 18.0 Å². The van der Waals surface area contributed by atoms with Crippen LogP contribution in [-0.4, -0.2) is 21.7 Å². The third-order valence-electron chi connectivity index (χ3n) is 2.48. The number of benzene rings is 1. The highest BCUT2D eigenvalue weighted by Crippen LogP contribution is 2.35. The van der Waals surface area contributed by atoms with Gasteiger partial charge < -0.3 is 10.1 Å². The Morgan fingerprint density at radius 1 is 1.48 bits per heavy atom. The molecule has 0 saturated carbocycles. The third kappa shape index (κ3) is 4.11. The Hall–Kier alpha value is -1.74. The molecular formula is C12H13BrN4O3S. The number of nitro groups is 1. The Morgan fingerprint density at radius 2 is 2.29 bits per heavy atom. The molecule has 0 atom stereocenters. The molecule has 7 nitrogen and oxygen atoms in total. The van der Waals surface area contributed by atoms with Crippen LogP contribution in [0.15, 0.2) is 22.7 Å². The number of nitro benzene ring substituents is 1. The highest BCUT2D eigenvalue weighted by molar-refractivity contribution is 9.10. The lowest BCUT2D eigenvalue weighted by molar-refractivity contribution is -0.386. The molecule has 0 spiro atoms. The van der Waals surface area contributed by atoms with E-state index in [1.807, 2.05) is 0 Å². The second-order valence-electron chi connectivity index (χ2n) is 4.06. The number of nitrogens with one attached hydrogen (secondary N) is 1. The van der Waals surface area contributed by atoms with E-state index < -0.39 is 4.92 Å². The second kappa shape index (κ2) is 7.32. The van der Waals surface area contributed by atoms with E-state index in [0.717, 1.165) is 18.1 Å². The van der Waals surface area contributed by atoms with Gasteiger partial charge in [-0.05, 0) is 28.4 Å². The Labute approximate surface area is 133 Å². The van der Waals surface area contributed by atoms with Gasteiger partial charge in [-0.1, -0.05) is 24.3 Å². The van der Waals surface area contributed by atoms with Crippen molar-refractivity contribution < 1.29 is 9.66 Å². The zero-order chi connectivity index (χ0) is 15.2. The van der Waals surface area contributed by atoms with Crippen LogP contribution in [0.4, 0.5) is 10.8 Å². The SMILES string of the molecule is CCCNc1nnc(COc2c(Br)cccc2[N+](=O)[O-])s1. The highest BCUT2D eigenvalue weighted by atomic mass is 79.9. The lowest BCUT2D eigenvalue weighted by Crippen LogP contribution is -1.99. The number of halogens is 1. The topological polar surface area (TPSA) is 90.2 Å². The zero-order valence-corrected chi connectivity index (χ0v) is 13.6. The summed E-state index contributed by atoms with van der Waals surface area (Å²) in [6.07, 6.45) is 0.995. The van der Waals surface area contributed by atoms with Crippen LogP contribution in [0.2, 0.25) is 0 Å². The quantitative estimate of drug-likeness (QED) is 0.589. The standard InChI is InChI=1S/C12H13BrN4O3S/c1-2-6-14-12-16-15-10(21-12)7-20-11-8(13)4-3-5-9(11)17(18)19/h3-5H,2,6-7H2,1H3,(H,14,16). The number of hydrogen-bond donors (Lipinski definition) is 1. The first-order valence-electron chi connectivity index (χ1n) is 6.23. The highest BCUT2D eigenvalue weighted by Gasteiger charge is 2.18. The Morgan fingerprint density at radius 3 is 3.00 bits per heavy atom. The average Bonchev–Trinajstić information content (AvgIpc) is 2.91. The van der Waals surface area contributed by atoms with E-state index in [4.69, 9.17) is 4.74 Å². The van der Waals surface area contributed by atoms with Crippen molar-refractivity contribution in [3.63, 3.8) is 0 Å². The molecule has 1 heterocycles. The molecule has 2 rings (SSSR count). The van der Waals surface area contributed by atoms with Crippen LogP contribution in [0, 0.1) is 10.1 Å². The van der Waals surface area contributed by atoms with Crippen molar-refractivity contribution in [1.29, 1.82) is 0 Å². The Balaban J connectivity index is 2.06. The summed E-state index contributed by atoms with van der Waals surface area (Å²) in [6.45, 7) is 3.02. The van der Waals surface area contributed by atoms with Crippen LogP contribution < -0.4 is 10.1 Å². The van der Waals surface area contributed by atoms with Crippen molar-refractivity contribution in [3.8, 4) is 5.75 Å². The molecule has 21 heavy (non-hydrogen) atoms. The molecule has 1 aromatic heterocycles. The minimum absolute atomic E-state index is 0.0850. The maximum atomic E-state index is 11.0. The van der Waals surface area contributed by atoms with E-state index in [0.29, 0.717) is 9.48 Å². The smallest absolute Gasteiger partial charge is 0.312 e. The molecule has 0 aliphatic rings. The third-order valence-corrected chi connectivity index (χ3v) is 3.95. The first-order chi connectivity index (χ1) is 10.1. The van der Waals surface area contributed by atoms with Crippen LogP contribution in [0.1, 0.15) is 18.4 Å². The van der Waals surface area contributed by atoms with Gasteiger partial charge in [-0.3, -0.25) is 10.1 Å². The maximum absolute atomic E-state index is 11.0. The van der Waals surface area contributed by atoms with Gasteiger partial charge in [-0.15, -0.1) is 10.2 Å². The van der Waals surface area contributed by atoms with Gasteiger partial charge in [0.2, 0.25) is 10.9 Å². The van der Waals surface area contributed by atoms with Crippen molar-refractivity contribution in [2.45, 2.75) is 20.0 Å². The summed E-state index contributed by atoms with van der Waals surface area (Å²) in [7, 11) is 0. The van der Waals surface area contributed by atoms with Crippen molar-refractivity contribution in [2.24, 2.45) is 0 Å². The molecule has 112 valence electrons. The summed E-state index contributed by atoms with van der Waals surface area (Å²) in [4.78, 5) is 10.5. The fourth-order valence-corrected chi connectivity index (χ4v) is 2.68. The number of hydrogen-bond acceptors (Lipinski definition) is 7. The van der Waals surface area contributed by atoms with Gasteiger partial charge in [0.25, 0.3) is 0 Å². The summed E-state index contributed by atoms with van der Waals surface area (Å²) in [6, 6.07) is 4.68. The van der Waals surface area contributed by atoms with Crippen molar-refractivity contribution in [2.75, 3.05) is 11.9 Å². The first-order valence-corrected chi connectivity index (χ1v) is 7.84. The molecule has 0 aliphatic heterocycles. The van der Waals surface area contributed by atoms with Gasteiger partial charge in [-0.2, -0.15) is 0 Å². The fourth-order valence-electron chi connectivity index (χ4n) is 1.53. The summed E-state index contributed by atoms with van der Waals surface area (Å²) in [5.41, 5.74) is -0.0850. The lowest BCUT2D eigenvalue weighted by atomic mass is 10.3. The molecule has 0 radical (unpaired) electrons. The predicted octanol–water partition coefficient (Wildman–Crippen LogP) is 3.61. The molecular weight excluding hydrogens is 360 g/mol. The number of ether oxygens (including phenoxy) is 1. The van der Waals surface area contributed by atoms with Gasteiger partial charge >= 0.3 is 5.69 Å². The fraction of sp³-hybridized carbons (Fsp3) is 0.333. The van der Waals surface area contributed by atoms with E-state index in [1.54, 1.807) is 12.1 Å². The van der Waals surface area contributed by atoms with Crippen LogP contribution in [-0.2, 0) is 6.61 Å². The van der Waals surface area contributed by atoms with Gasteiger partial charge in [0.05, 0.1) is 9.40 Å². The number of rotatable bonds is 7. The number of nitrogens with zero attached hydrogens (tertiary/aromatic N) is 3. The van der Waals surface area contributed by atoms with Crippen molar-refractivity contribution in [3.05, 3.63) is 37.8 Å². The molecule has 0 saturated heterocycles. The van der Waals surface area contributed by atoms with E-state index in [1.165, 1.54) is 17.4 Å². The van der Waals surface area contributed by atoms with Crippen LogP contribution >= 0.6 is 27.3 Å². The molecule has 0 bridgehead atoms. The number of para-hydroxylation sites is 1. The molecule has 0 amide bonds. The number of aromatic nitrogens is 2. The van der Waals surface area contributed by atoms with Gasteiger partial charge in [0, 0.05) is 12.6 Å². The van der Waals surface area contributed by atoms with Crippen LogP contribution in [0.25, 0.3) is 0 Å². The van der Waals surface area contributed by atoms with E-state index >= 15 is 0 Å². The minimum Gasteiger partial charge on any atom is -0.479 e. The summed E-state index contributed by atoms with van der Waals surface area (Å²) in [5.74, 6) is 0.195. The van der Waals surface area contributed by atoms with Gasteiger partial charge in [0.1, 0.15) is 6.61 Å². The van der Waals surface area contributed by atoms with E-state index in [2.05, 4.69) is 38.4 Å². The normalized spacial score (nSPS) is 10.4. The lowest BCUT2D eigenvalue weighted by Gasteiger charge is -2.06. The molecule has 1 N–H and O–H groups in total. The predicted molar refractivity (Wildman–Crippen MR) is 83.8 cm³/mol. The Bertz CT molecular complexity index is 635. The summed E-state index contributed by atoms with van der Waals surface area (Å²) < 4.78 is 6.06. The number of anilines is 1. The molecule has 2 aromatic rings. The first kappa shape index (κ1) is 15.6. The molecule has 9 heteroatoms. The second-order valence-corrected chi connectivity index (χ2v) is 5.98. The van der Waals surface area contributed by atoms with Crippen LogP contribution in [0.3, 0.4) is 0 Å². The van der Waals surface area contributed by atoms with E-state index in [9.17, 15) is 10.1 Å². The minimum atomic E-state index is -0.478. The Kier molecular flexibility index (Phi) is 5.45.